The van der Waals surface area contributed by atoms with Gasteiger partial charge in [-0.2, -0.15) is 0 Å². The Morgan fingerprint density at radius 2 is 1.52 bits per heavy atom. The molecular formula is C32H40FN3O5S. The van der Waals surface area contributed by atoms with Crippen LogP contribution < -0.4 is 14.4 Å². The highest BCUT2D eigenvalue weighted by Gasteiger charge is 2.34. The van der Waals surface area contributed by atoms with Crippen molar-refractivity contribution in [3.63, 3.8) is 0 Å². The Morgan fingerprint density at radius 3 is 2.07 bits per heavy atom. The normalized spacial score (nSPS) is 12.7. The van der Waals surface area contributed by atoms with Gasteiger partial charge >= 0.3 is 0 Å². The van der Waals surface area contributed by atoms with Crippen LogP contribution in [0.2, 0.25) is 0 Å². The van der Waals surface area contributed by atoms with Crippen molar-refractivity contribution in [2.45, 2.75) is 71.0 Å². The number of sulfonamides is 1. The topological polar surface area (TPSA) is 96.0 Å². The number of nitrogens with zero attached hydrogens (tertiary/aromatic N) is 2. The number of ether oxygens (including phenoxy) is 1. The minimum absolute atomic E-state index is 0.00359. The zero-order chi connectivity index (χ0) is 30.9. The summed E-state index contributed by atoms with van der Waals surface area (Å²) in [6, 6.07) is 17.5. The summed E-state index contributed by atoms with van der Waals surface area (Å²) in [7, 11) is -4.20. The number of nitrogens with one attached hydrogen (secondary N) is 1. The number of benzene rings is 3. The molecule has 8 nitrogen and oxygen atoms in total. The molecule has 3 rings (SSSR count). The highest BCUT2D eigenvalue weighted by molar-refractivity contribution is 7.92. The van der Waals surface area contributed by atoms with Crippen molar-refractivity contribution < 1.29 is 27.1 Å². The van der Waals surface area contributed by atoms with Crippen molar-refractivity contribution in [2.75, 3.05) is 17.5 Å². The number of hydrogen-bond acceptors (Lipinski definition) is 5. The molecule has 0 saturated carbocycles. The molecule has 3 aromatic rings. The first-order valence-corrected chi connectivity index (χ1v) is 15.6. The van der Waals surface area contributed by atoms with Crippen LogP contribution in [-0.2, 0) is 26.2 Å². The molecule has 0 heterocycles. The summed E-state index contributed by atoms with van der Waals surface area (Å²) in [6.45, 7) is 9.21. The van der Waals surface area contributed by atoms with E-state index in [1.807, 2.05) is 27.7 Å². The molecule has 42 heavy (non-hydrogen) atoms. The van der Waals surface area contributed by atoms with E-state index in [0.717, 1.165) is 9.87 Å². The molecule has 226 valence electrons. The highest BCUT2D eigenvalue weighted by atomic mass is 32.2. The summed E-state index contributed by atoms with van der Waals surface area (Å²) in [4.78, 5) is 28.8. The molecule has 0 aliphatic heterocycles. The van der Waals surface area contributed by atoms with Gasteiger partial charge in [-0.3, -0.25) is 13.9 Å². The second-order valence-corrected chi connectivity index (χ2v) is 12.0. The summed E-state index contributed by atoms with van der Waals surface area (Å²) in [5.74, 6) is -0.803. The second kappa shape index (κ2) is 14.8. The van der Waals surface area contributed by atoms with Gasteiger partial charge in [0.25, 0.3) is 10.0 Å². The predicted molar refractivity (Wildman–Crippen MR) is 162 cm³/mol. The first kappa shape index (κ1) is 32.6. The maximum absolute atomic E-state index is 14.1. The van der Waals surface area contributed by atoms with Crippen molar-refractivity contribution in [1.29, 1.82) is 0 Å². The van der Waals surface area contributed by atoms with E-state index in [1.54, 1.807) is 55.5 Å². The molecule has 10 heteroatoms. The van der Waals surface area contributed by atoms with Gasteiger partial charge in [0, 0.05) is 12.6 Å². The lowest BCUT2D eigenvalue weighted by Crippen LogP contribution is -2.53. The third-order valence-electron chi connectivity index (χ3n) is 6.98. The molecule has 0 fully saturated rings. The van der Waals surface area contributed by atoms with Crippen LogP contribution in [0.1, 0.15) is 51.7 Å². The van der Waals surface area contributed by atoms with E-state index in [4.69, 9.17) is 4.74 Å². The molecule has 2 atom stereocenters. The lowest BCUT2D eigenvalue weighted by Gasteiger charge is -2.33. The Kier molecular flexibility index (Phi) is 11.5. The maximum atomic E-state index is 14.1. The molecule has 0 aliphatic rings. The Morgan fingerprint density at radius 1 is 0.905 bits per heavy atom. The van der Waals surface area contributed by atoms with Crippen LogP contribution in [0.3, 0.4) is 0 Å². The zero-order valence-electron chi connectivity index (χ0n) is 24.8. The molecule has 0 unspecified atom stereocenters. The average molecular weight is 598 g/mol. The van der Waals surface area contributed by atoms with Gasteiger partial charge in [0.1, 0.15) is 24.2 Å². The van der Waals surface area contributed by atoms with E-state index in [-0.39, 0.29) is 23.4 Å². The quantitative estimate of drug-likeness (QED) is 0.267. The van der Waals surface area contributed by atoms with Crippen LogP contribution in [0.5, 0.6) is 5.75 Å². The summed E-state index contributed by atoms with van der Waals surface area (Å²) >= 11 is 0. The maximum Gasteiger partial charge on any atom is 0.264 e. The summed E-state index contributed by atoms with van der Waals surface area (Å²) in [5.41, 5.74) is 1.84. The Bertz CT molecular complexity index is 1430. The molecule has 0 aromatic heterocycles. The van der Waals surface area contributed by atoms with Crippen LogP contribution in [0.25, 0.3) is 0 Å². The van der Waals surface area contributed by atoms with Crippen molar-refractivity contribution in [3.05, 3.63) is 89.7 Å². The summed E-state index contributed by atoms with van der Waals surface area (Å²) < 4.78 is 48.1. The molecule has 0 aliphatic carbocycles. The largest absolute Gasteiger partial charge is 0.494 e. The van der Waals surface area contributed by atoms with Crippen molar-refractivity contribution in [1.82, 2.24) is 10.2 Å². The minimum Gasteiger partial charge on any atom is -0.494 e. The minimum atomic E-state index is -4.20. The Hall–Kier alpha value is -3.92. The average Bonchev–Trinajstić information content (AvgIpc) is 2.97. The molecule has 0 radical (unpaired) electrons. The van der Waals surface area contributed by atoms with Crippen molar-refractivity contribution >= 4 is 27.5 Å². The standard InChI is InChI=1S/C32H40FN3O5S/c1-6-24(5)34-32(38)30(7-2)35(21-25-11-13-26(33)14-12-25)31(37)22-36(27-15-9-23(4)10-16-27)42(39,40)29-19-17-28(18-20-29)41-8-3/h9-20,24,30H,6-8,21-22H2,1-5H3,(H,34,38)/t24-,30+/m1/s1. The molecular weight excluding hydrogens is 557 g/mol. The summed E-state index contributed by atoms with van der Waals surface area (Å²) in [5, 5.41) is 2.94. The van der Waals surface area contributed by atoms with Crippen LogP contribution in [-0.4, -0.2) is 50.4 Å². The van der Waals surface area contributed by atoms with E-state index < -0.39 is 34.3 Å². The third-order valence-corrected chi connectivity index (χ3v) is 8.76. The lowest BCUT2D eigenvalue weighted by molar-refractivity contribution is -0.140. The number of aryl methyl sites for hydroxylation is 1. The van der Waals surface area contributed by atoms with Gasteiger partial charge < -0.3 is 15.0 Å². The number of hydrogen-bond donors (Lipinski definition) is 1. The molecule has 3 aromatic carbocycles. The fourth-order valence-electron chi connectivity index (χ4n) is 4.39. The zero-order valence-corrected chi connectivity index (χ0v) is 25.7. The van der Waals surface area contributed by atoms with Gasteiger partial charge in [-0.1, -0.05) is 43.7 Å². The van der Waals surface area contributed by atoms with Gasteiger partial charge in [0.2, 0.25) is 11.8 Å². The van der Waals surface area contributed by atoms with E-state index in [1.165, 1.54) is 29.2 Å². The van der Waals surface area contributed by atoms with E-state index in [9.17, 15) is 22.4 Å². The molecule has 2 amide bonds. The molecule has 0 spiro atoms. The molecule has 0 saturated heterocycles. The van der Waals surface area contributed by atoms with Gasteiger partial charge in [-0.15, -0.1) is 0 Å². The second-order valence-electron chi connectivity index (χ2n) is 10.1. The number of rotatable bonds is 14. The van der Waals surface area contributed by atoms with Crippen molar-refractivity contribution in [3.8, 4) is 5.75 Å². The Labute approximate surface area is 248 Å². The predicted octanol–water partition coefficient (Wildman–Crippen LogP) is 5.45. The monoisotopic (exact) mass is 597 g/mol. The van der Waals surface area contributed by atoms with Gasteiger partial charge in [-0.05, 0) is 87.7 Å². The first-order chi connectivity index (χ1) is 20.0. The smallest absolute Gasteiger partial charge is 0.264 e. The number of amides is 2. The van der Waals surface area contributed by atoms with Crippen LogP contribution >= 0.6 is 0 Å². The number of halogens is 1. The number of carbonyl (C=O) groups is 2. The molecule has 1 N–H and O–H groups in total. The van der Waals surface area contributed by atoms with Crippen LogP contribution in [0.4, 0.5) is 10.1 Å². The SMILES string of the molecule is CCOc1ccc(S(=O)(=O)N(CC(=O)N(Cc2ccc(F)cc2)[C@@H](CC)C(=O)N[C@H](C)CC)c2ccc(C)cc2)cc1. The van der Waals surface area contributed by atoms with Gasteiger partial charge in [-0.25, -0.2) is 12.8 Å². The van der Waals surface area contributed by atoms with Gasteiger partial charge in [0.15, 0.2) is 0 Å². The number of carbonyl (C=O) groups excluding carboxylic acids is 2. The first-order valence-electron chi connectivity index (χ1n) is 14.2. The fourth-order valence-corrected chi connectivity index (χ4v) is 5.80. The van der Waals surface area contributed by atoms with E-state index >= 15 is 0 Å². The van der Waals surface area contributed by atoms with Crippen molar-refractivity contribution in [2.24, 2.45) is 0 Å². The van der Waals surface area contributed by atoms with Gasteiger partial charge in [0.05, 0.1) is 17.2 Å². The van der Waals surface area contributed by atoms with E-state index in [0.29, 0.717) is 36.4 Å². The highest BCUT2D eigenvalue weighted by Crippen LogP contribution is 2.26. The van der Waals surface area contributed by atoms with Crippen LogP contribution in [0, 0.1) is 12.7 Å². The summed E-state index contributed by atoms with van der Waals surface area (Å²) in [6.07, 6.45) is 1.00. The van der Waals surface area contributed by atoms with Crippen LogP contribution in [0.15, 0.2) is 77.7 Å². The third kappa shape index (κ3) is 8.31. The van der Waals surface area contributed by atoms with E-state index in [2.05, 4.69) is 5.32 Å². The Balaban J connectivity index is 2.04. The number of anilines is 1. The molecule has 0 bridgehead atoms. The lowest BCUT2D eigenvalue weighted by atomic mass is 10.1. The fraction of sp³-hybridized carbons (Fsp3) is 0.375.